The molecule has 0 aromatic heterocycles. The first kappa shape index (κ1) is 13.7. The molecule has 2 rings (SSSR count). The standard InChI is InChI=1S/C14H19NO4/c1-18-11-6-3-7-12(19-2)13(11)14(17)15-8-4-5-10(15)9-16/h3,6-7,10,16H,4-5,8-9H2,1-2H3. The van der Waals surface area contributed by atoms with E-state index in [1.165, 1.54) is 14.2 Å². The summed E-state index contributed by atoms with van der Waals surface area (Å²) in [6, 6.07) is 5.14. The molecule has 1 aromatic rings. The van der Waals surface area contributed by atoms with Gasteiger partial charge in [-0.1, -0.05) is 6.07 Å². The lowest BCUT2D eigenvalue weighted by Crippen LogP contribution is -2.38. The smallest absolute Gasteiger partial charge is 0.261 e. The summed E-state index contributed by atoms with van der Waals surface area (Å²) in [6.45, 7) is 0.647. The lowest BCUT2D eigenvalue weighted by atomic mass is 10.1. The van der Waals surface area contributed by atoms with Crippen molar-refractivity contribution in [2.24, 2.45) is 0 Å². The van der Waals surface area contributed by atoms with Crippen LogP contribution in [0.2, 0.25) is 0 Å². The number of aliphatic hydroxyl groups excluding tert-OH is 1. The van der Waals surface area contributed by atoms with Gasteiger partial charge in [-0.25, -0.2) is 0 Å². The van der Waals surface area contributed by atoms with Crippen LogP contribution in [0.5, 0.6) is 11.5 Å². The van der Waals surface area contributed by atoms with Gasteiger partial charge in [0.05, 0.1) is 26.9 Å². The Kier molecular flexibility index (Phi) is 4.27. The predicted molar refractivity (Wildman–Crippen MR) is 70.7 cm³/mol. The van der Waals surface area contributed by atoms with Crippen LogP contribution in [0.15, 0.2) is 18.2 Å². The van der Waals surface area contributed by atoms with Crippen LogP contribution in [0.4, 0.5) is 0 Å². The molecule has 19 heavy (non-hydrogen) atoms. The van der Waals surface area contributed by atoms with Crippen LogP contribution in [0, 0.1) is 0 Å². The van der Waals surface area contributed by atoms with Gasteiger partial charge in [0.25, 0.3) is 5.91 Å². The van der Waals surface area contributed by atoms with E-state index in [9.17, 15) is 9.90 Å². The van der Waals surface area contributed by atoms with Gasteiger partial charge in [-0.15, -0.1) is 0 Å². The quantitative estimate of drug-likeness (QED) is 0.891. The van der Waals surface area contributed by atoms with Crippen molar-refractivity contribution in [1.82, 2.24) is 4.90 Å². The second-order valence-electron chi connectivity index (χ2n) is 4.51. The molecule has 1 unspecified atom stereocenters. The first-order valence-corrected chi connectivity index (χ1v) is 6.35. The fourth-order valence-electron chi connectivity index (χ4n) is 2.50. The minimum atomic E-state index is -0.147. The van der Waals surface area contributed by atoms with E-state index in [0.717, 1.165) is 12.8 Å². The van der Waals surface area contributed by atoms with Crippen molar-refractivity contribution < 1.29 is 19.4 Å². The summed E-state index contributed by atoms with van der Waals surface area (Å²) in [4.78, 5) is 14.3. The van der Waals surface area contributed by atoms with Crippen LogP contribution in [0.1, 0.15) is 23.2 Å². The van der Waals surface area contributed by atoms with Crippen LogP contribution < -0.4 is 9.47 Å². The largest absolute Gasteiger partial charge is 0.496 e. The second-order valence-corrected chi connectivity index (χ2v) is 4.51. The maximum Gasteiger partial charge on any atom is 0.261 e. The molecule has 5 nitrogen and oxygen atoms in total. The molecule has 1 atom stereocenters. The number of methoxy groups -OCH3 is 2. The highest BCUT2D eigenvalue weighted by Gasteiger charge is 2.32. The Labute approximate surface area is 112 Å². The Hall–Kier alpha value is -1.75. The van der Waals surface area contributed by atoms with Gasteiger partial charge in [0.15, 0.2) is 0 Å². The molecule has 1 saturated heterocycles. The van der Waals surface area contributed by atoms with Gasteiger partial charge in [-0.2, -0.15) is 0 Å². The molecule has 1 aliphatic rings. The fourth-order valence-corrected chi connectivity index (χ4v) is 2.50. The van der Waals surface area contributed by atoms with Crippen LogP contribution in [-0.2, 0) is 0 Å². The van der Waals surface area contributed by atoms with Crippen molar-refractivity contribution in [3.63, 3.8) is 0 Å². The minimum Gasteiger partial charge on any atom is -0.496 e. The molecule has 1 aromatic carbocycles. The minimum absolute atomic E-state index is 0.0107. The van der Waals surface area contributed by atoms with E-state index in [1.807, 2.05) is 0 Å². The van der Waals surface area contributed by atoms with Gasteiger partial charge in [0.1, 0.15) is 17.1 Å². The van der Waals surface area contributed by atoms with E-state index < -0.39 is 0 Å². The molecule has 1 amide bonds. The molecule has 1 fully saturated rings. The van der Waals surface area contributed by atoms with Crippen LogP contribution >= 0.6 is 0 Å². The number of hydrogen-bond acceptors (Lipinski definition) is 4. The van der Waals surface area contributed by atoms with E-state index in [-0.39, 0.29) is 18.6 Å². The normalized spacial score (nSPS) is 18.5. The third-order valence-corrected chi connectivity index (χ3v) is 3.49. The zero-order valence-electron chi connectivity index (χ0n) is 11.3. The molecule has 1 heterocycles. The van der Waals surface area contributed by atoms with Crippen LogP contribution in [0.25, 0.3) is 0 Å². The summed E-state index contributed by atoms with van der Waals surface area (Å²) in [7, 11) is 3.05. The summed E-state index contributed by atoms with van der Waals surface area (Å²) in [5.74, 6) is 0.840. The molecule has 1 aliphatic heterocycles. The number of likely N-dealkylation sites (tertiary alicyclic amines) is 1. The molecule has 104 valence electrons. The highest BCUT2D eigenvalue weighted by atomic mass is 16.5. The van der Waals surface area contributed by atoms with Crippen molar-refractivity contribution in [3.05, 3.63) is 23.8 Å². The van der Waals surface area contributed by atoms with Gasteiger partial charge in [-0.3, -0.25) is 4.79 Å². The van der Waals surface area contributed by atoms with Gasteiger partial charge in [0.2, 0.25) is 0 Å². The van der Waals surface area contributed by atoms with Gasteiger partial charge >= 0.3 is 0 Å². The molecular weight excluding hydrogens is 246 g/mol. The number of benzene rings is 1. The third kappa shape index (κ3) is 2.51. The summed E-state index contributed by atoms with van der Waals surface area (Å²) < 4.78 is 10.5. The van der Waals surface area contributed by atoms with E-state index in [2.05, 4.69) is 0 Å². The monoisotopic (exact) mass is 265 g/mol. The summed E-state index contributed by atoms with van der Waals surface area (Å²) in [6.07, 6.45) is 1.74. The molecule has 0 aliphatic carbocycles. The maximum atomic E-state index is 12.6. The Morgan fingerprint density at radius 1 is 1.37 bits per heavy atom. The molecule has 0 spiro atoms. The van der Waals surface area contributed by atoms with Crippen LogP contribution in [-0.4, -0.2) is 49.3 Å². The lowest BCUT2D eigenvalue weighted by Gasteiger charge is -2.24. The predicted octanol–water partition coefficient (Wildman–Crippen LogP) is 1.30. The number of rotatable bonds is 4. The number of carbonyl (C=O) groups excluding carboxylic acids is 1. The topological polar surface area (TPSA) is 59.0 Å². The van der Waals surface area contributed by atoms with E-state index in [4.69, 9.17) is 9.47 Å². The molecular formula is C14H19NO4. The number of nitrogens with zero attached hydrogens (tertiary/aromatic N) is 1. The van der Waals surface area contributed by atoms with Gasteiger partial charge < -0.3 is 19.5 Å². The highest BCUT2D eigenvalue weighted by molar-refractivity contribution is 6.00. The number of hydrogen-bond donors (Lipinski definition) is 1. The fraction of sp³-hybridized carbons (Fsp3) is 0.500. The number of ether oxygens (including phenoxy) is 2. The third-order valence-electron chi connectivity index (χ3n) is 3.49. The Bertz CT molecular complexity index is 439. The average Bonchev–Trinajstić information content (AvgIpc) is 2.93. The first-order chi connectivity index (χ1) is 9.22. The Morgan fingerprint density at radius 2 is 2.00 bits per heavy atom. The van der Waals surface area contributed by atoms with Crippen molar-refractivity contribution in [1.29, 1.82) is 0 Å². The summed E-state index contributed by atoms with van der Waals surface area (Å²) in [5, 5.41) is 9.33. The molecule has 0 saturated carbocycles. The second kappa shape index (κ2) is 5.93. The van der Waals surface area contributed by atoms with Crippen LogP contribution in [0.3, 0.4) is 0 Å². The van der Waals surface area contributed by atoms with Crippen molar-refractivity contribution in [3.8, 4) is 11.5 Å². The lowest BCUT2D eigenvalue weighted by molar-refractivity contribution is 0.0671. The van der Waals surface area contributed by atoms with E-state index >= 15 is 0 Å². The average molecular weight is 265 g/mol. The number of amides is 1. The molecule has 5 heteroatoms. The first-order valence-electron chi connectivity index (χ1n) is 6.35. The molecule has 0 bridgehead atoms. The number of carbonyl (C=O) groups is 1. The summed E-state index contributed by atoms with van der Waals surface area (Å²) in [5.41, 5.74) is 0.424. The van der Waals surface area contributed by atoms with Gasteiger partial charge in [-0.05, 0) is 25.0 Å². The molecule has 1 N–H and O–H groups in total. The van der Waals surface area contributed by atoms with Crippen molar-refractivity contribution in [2.45, 2.75) is 18.9 Å². The Balaban J connectivity index is 2.37. The van der Waals surface area contributed by atoms with E-state index in [0.29, 0.717) is 23.6 Å². The van der Waals surface area contributed by atoms with Crippen molar-refractivity contribution >= 4 is 5.91 Å². The molecule has 0 radical (unpaired) electrons. The zero-order valence-corrected chi connectivity index (χ0v) is 11.3. The highest BCUT2D eigenvalue weighted by Crippen LogP contribution is 2.31. The van der Waals surface area contributed by atoms with E-state index in [1.54, 1.807) is 23.1 Å². The maximum absolute atomic E-state index is 12.6. The van der Waals surface area contributed by atoms with Crippen molar-refractivity contribution in [2.75, 3.05) is 27.4 Å². The number of aliphatic hydroxyl groups is 1. The summed E-state index contributed by atoms with van der Waals surface area (Å²) >= 11 is 0. The Morgan fingerprint density at radius 3 is 2.53 bits per heavy atom. The zero-order chi connectivity index (χ0) is 13.8. The van der Waals surface area contributed by atoms with Gasteiger partial charge in [0, 0.05) is 6.54 Å². The SMILES string of the molecule is COc1cccc(OC)c1C(=O)N1CCCC1CO.